The van der Waals surface area contributed by atoms with Crippen LogP contribution in [0.15, 0.2) is 60.7 Å². The first kappa shape index (κ1) is 19.5. The van der Waals surface area contributed by atoms with Gasteiger partial charge in [0.15, 0.2) is 0 Å². The molecule has 0 spiro atoms. The minimum absolute atomic E-state index is 0.0911. The Morgan fingerprint density at radius 2 is 1.76 bits per heavy atom. The van der Waals surface area contributed by atoms with Crippen molar-refractivity contribution in [2.45, 2.75) is 25.0 Å². The van der Waals surface area contributed by atoms with E-state index in [4.69, 9.17) is 4.74 Å². The lowest BCUT2D eigenvalue weighted by molar-refractivity contribution is -0.146. The Morgan fingerprint density at radius 1 is 1.10 bits per heavy atom. The van der Waals surface area contributed by atoms with Crippen molar-refractivity contribution >= 4 is 21.7 Å². The maximum absolute atomic E-state index is 12.4. The van der Waals surface area contributed by atoms with Crippen LogP contribution in [0.5, 0.6) is 5.75 Å². The number of rotatable bonds is 6. The maximum Gasteiger partial charge on any atom is 0.313 e. The fourth-order valence-corrected chi connectivity index (χ4v) is 5.54. The predicted octanol–water partition coefficient (Wildman–Crippen LogP) is 3.39. The molecule has 7 heteroatoms. The quantitative estimate of drug-likeness (QED) is 0.559. The number of aromatic hydroxyl groups is 1. The number of ether oxygens (including phenoxy) is 1. The number of phenolic OH excluding ortho intramolecular Hbond substituents is 1. The van der Waals surface area contributed by atoms with Crippen molar-refractivity contribution in [3.63, 3.8) is 0 Å². The van der Waals surface area contributed by atoms with E-state index >= 15 is 0 Å². The van der Waals surface area contributed by atoms with Gasteiger partial charge in [-0.3, -0.25) is 9.52 Å². The van der Waals surface area contributed by atoms with Gasteiger partial charge in [0.25, 0.3) is 0 Å². The number of hydrogen-bond donors (Lipinski definition) is 2. The molecule has 1 aliphatic heterocycles. The van der Waals surface area contributed by atoms with Crippen molar-refractivity contribution < 1.29 is 23.1 Å². The molecule has 4 rings (SSSR count). The van der Waals surface area contributed by atoms with Gasteiger partial charge in [-0.1, -0.05) is 36.4 Å². The third-order valence-electron chi connectivity index (χ3n) is 5.74. The van der Waals surface area contributed by atoms with E-state index in [2.05, 4.69) is 11.3 Å². The van der Waals surface area contributed by atoms with E-state index in [1.165, 1.54) is 12.1 Å². The molecule has 1 heterocycles. The summed E-state index contributed by atoms with van der Waals surface area (Å²) in [6.45, 7) is 4.50. The molecule has 1 saturated carbocycles. The highest BCUT2D eigenvalue weighted by Gasteiger charge is 2.55. The summed E-state index contributed by atoms with van der Waals surface area (Å²) >= 11 is 0. The molecule has 6 nitrogen and oxygen atoms in total. The van der Waals surface area contributed by atoms with Crippen molar-refractivity contribution in [1.29, 1.82) is 0 Å². The number of nitrogens with one attached hydrogen (secondary N) is 1. The van der Waals surface area contributed by atoms with Gasteiger partial charge in [-0.15, -0.1) is 0 Å². The number of phenols is 1. The zero-order chi connectivity index (χ0) is 20.6. The summed E-state index contributed by atoms with van der Waals surface area (Å²) in [6, 6.07) is 13.2. The Balaban J connectivity index is 1.44. The van der Waals surface area contributed by atoms with Crippen molar-refractivity contribution in [2.24, 2.45) is 11.3 Å². The second-order valence-corrected chi connectivity index (χ2v) is 9.71. The highest BCUT2D eigenvalue weighted by Crippen LogP contribution is 2.52. The second-order valence-electron chi connectivity index (χ2n) is 7.98. The first-order chi connectivity index (χ1) is 13.8. The summed E-state index contributed by atoms with van der Waals surface area (Å²) in [4.78, 5) is 12.4. The number of sulfonamides is 1. The first-order valence-corrected chi connectivity index (χ1v) is 11.1. The standard InChI is InChI=1S/C22H23NO5S/c1-15-10-18-13-28-21(25)22(18,11-15)12-16-2-6-19(7-3-16)23-29(26,27)14-17-4-8-20(24)9-5-17/h2-9,18,23-24H,1,10-14H2. The molecule has 1 saturated heterocycles. The molecular weight excluding hydrogens is 390 g/mol. The van der Waals surface area contributed by atoms with E-state index in [-0.39, 0.29) is 23.4 Å². The molecule has 2 fully saturated rings. The summed E-state index contributed by atoms with van der Waals surface area (Å²) in [7, 11) is -3.58. The van der Waals surface area contributed by atoms with Crippen LogP contribution in [0.3, 0.4) is 0 Å². The zero-order valence-corrected chi connectivity index (χ0v) is 16.7. The van der Waals surface area contributed by atoms with E-state index in [1.54, 1.807) is 24.3 Å². The third kappa shape index (κ3) is 4.00. The average Bonchev–Trinajstić information content (AvgIpc) is 3.13. The summed E-state index contributed by atoms with van der Waals surface area (Å²) in [6.07, 6.45) is 2.04. The van der Waals surface area contributed by atoms with Gasteiger partial charge in [0, 0.05) is 11.6 Å². The fourth-order valence-electron chi connectivity index (χ4n) is 4.34. The van der Waals surface area contributed by atoms with Gasteiger partial charge in [-0.05, 0) is 54.7 Å². The molecule has 2 aliphatic rings. The van der Waals surface area contributed by atoms with Gasteiger partial charge in [-0.25, -0.2) is 8.42 Å². The van der Waals surface area contributed by atoms with Crippen molar-refractivity contribution in [3.05, 3.63) is 71.8 Å². The number of anilines is 1. The normalized spacial score (nSPS) is 23.7. The summed E-state index contributed by atoms with van der Waals surface area (Å²) in [5.41, 5.74) is 2.57. The number of hydrogen-bond acceptors (Lipinski definition) is 5. The molecule has 0 radical (unpaired) electrons. The molecule has 1 aliphatic carbocycles. The van der Waals surface area contributed by atoms with E-state index in [0.717, 1.165) is 17.6 Å². The van der Waals surface area contributed by atoms with Crippen LogP contribution in [0.1, 0.15) is 24.0 Å². The molecule has 2 atom stereocenters. The van der Waals surface area contributed by atoms with Gasteiger partial charge in [0.1, 0.15) is 5.75 Å². The monoisotopic (exact) mass is 413 g/mol. The lowest BCUT2D eigenvalue weighted by Gasteiger charge is -2.24. The molecule has 0 amide bonds. The largest absolute Gasteiger partial charge is 0.508 e. The third-order valence-corrected chi connectivity index (χ3v) is 7.00. The van der Waals surface area contributed by atoms with Crippen LogP contribution in [0.2, 0.25) is 0 Å². The zero-order valence-electron chi connectivity index (χ0n) is 15.9. The smallest absolute Gasteiger partial charge is 0.313 e. The maximum atomic E-state index is 12.4. The van der Waals surface area contributed by atoms with Crippen LogP contribution in [0.4, 0.5) is 5.69 Å². The lowest BCUT2D eigenvalue weighted by Crippen LogP contribution is -2.31. The van der Waals surface area contributed by atoms with Crippen LogP contribution in [-0.2, 0) is 31.7 Å². The van der Waals surface area contributed by atoms with Gasteiger partial charge in [-0.2, -0.15) is 0 Å². The molecule has 2 N–H and O–H groups in total. The van der Waals surface area contributed by atoms with E-state index < -0.39 is 15.4 Å². The van der Waals surface area contributed by atoms with Gasteiger partial charge in [0.2, 0.25) is 10.0 Å². The van der Waals surface area contributed by atoms with E-state index in [1.807, 2.05) is 12.1 Å². The molecule has 0 aromatic heterocycles. The molecule has 152 valence electrons. The fraction of sp³-hybridized carbons (Fsp3) is 0.318. The minimum Gasteiger partial charge on any atom is -0.508 e. The molecule has 0 bridgehead atoms. The highest BCUT2D eigenvalue weighted by atomic mass is 32.2. The van der Waals surface area contributed by atoms with E-state index in [0.29, 0.717) is 30.7 Å². The number of fused-ring (bicyclic) bond motifs is 1. The number of carbonyl (C=O) groups excluding carboxylic acids is 1. The van der Waals surface area contributed by atoms with Crippen LogP contribution in [-0.4, -0.2) is 26.1 Å². The second kappa shape index (κ2) is 7.22. The average molecular weight is 413 g/mol. The summed E-state index contributed by atoms with van der Waals surface area (Å²) < 4.78 is 32.7. The lowest BCUT2D eigenvalue weighted by atomic mass is 9.75. The molecule has 29 heavy (non-hydrogen) atoms. The number of esters is 1. The number of cyclic esters (lactones) is 1. The predicted molar refractivity (Wildman–Crippen MR) is 110 cm³/mol. The first-order valence-electron chi connectivity index (χ1n) is 9.47. The van der Waals surface area contributed by atoms with Crippen molar-refractivity contribution in [1.82, 2.24) is 0 Å². The van der Waals surface area contributed by atoms with Crippen LogP contribution < -0.4 is 4.72 Å². The van der Waals surface area contributed by atoms with Crippen molar-refractivity contribution in [3.8, 4) is 5.75 Å². The molecular formula is C22H23NO5S. The van der Waals surface area contributed by atoms with Gasteiger partial charge >= 0.3 is 5.97 Å². The SMILES string of the molecule is C=C1CC2COC(=O)C2(Cc2ccc(NS(=O)(=O)Cc3ccc(O)cc3)cc2)C1. The Kier molecular flexibility index (Phi) is 4.86. The summed E-state index contributed by atoms with van der Waals surface area (Å²) in [5, 5.41) is 9.31. The number of carbonyl (C=O) groups is 1. The number of benzene rings is 2. The van der Waals surface area contributed by atoms with E-state index in [9.17, 15) is 18.3 Å². The summed E-state index contributed by atoms with van der Waals surface area (Å²) in [5.74, 6) is -0.0764. The Labute approximate surface area is 170 Å². The van der Waals surface area contributed by atoms with Crippen LogP contribution >= 0.6 is 0 Å². The highest BCUT2D eigenvalue weighted by molar-refractivity contribution is 7.91. The Hall–Kier alpha value is -2.80. The minimum atomic E-state index is -3.58. The van der Waals surface area contributed by atoms with Crippen LogP contribution in [0.25, 0.3) is 0 Å². The van der Waals surface area contributed by atoms with Crippen LogP contribution in [0, 0.1) is 11.3 Å². The van der Waals surface area contributed by atoms with Gasteiger partial charge < -0.3 is 9.84 Å². The molecule has 2 unspecified atom stereocenters. The van der Waals surface area contributed by atoms with Gasteiger partial charge in [0.05, 0.1) is 17.8 Å². The molecule has 2 aromatic carbocycles. The molecule has 2 aromatic rings. The van der Waals surface area contributed by atoms with Crippen molar-refractivity contribution in [2.75, 3.05) is 11.3 Å². The Morgan fingerprint density at radius 3 is 2.45 bits per heavy atom. The topological polar surface area (TPSA) is 92.7 Å². The Bertz CT molecular complexity index is 1040. The number of allylic oxidation sites excluding steroid dienone is 1.